The van der Waals surface area contributed by atoms with Gasteiger partial charge in [-0.15, -0.1) is 0 Å². The van der Waals surface area contributed by atoms with Crippen LogP contribution in [0.25, 0.3) is 0 Å². The van der Waals surface area contributed by atoms with Gasteiger partial charge in [0, 0.05) is 12.6 Å². The molecule has 3 heteroatoms. The third kappa shape index (κ3) is 3.44. The zero-order chi connectivity index (χ0) is 12.3. The normalized spacial score (nSPS) is 23.4. The molecule has 0 unspecified atom stereocenters. The van der Waals surface area contributed by atoms with E-state index in [1.54, 1.807) is 0 Å². The second-order valence-electron chi connectivity index (χ2n) is 5.74. The molecule has 2 aliphatic rings. The molecule has 2 saturated carbocycles. The van der Waals surface area contributed by atoms with Gasteiger partial charge in [-0.05, 0) is 38.0 Å². The average Bonchev–Trinajstić information content (AvgIpc) is 3.19. The third-order valence-electron chi connectivity index (χ3n) is 4.21. The molecule has 0 bridgehead atoms. The Hall–Kier alpha value is -0.570. The van der Waals surface area contributed by atoms with Crippen LogP contribution in [-0.4, -0.2) is 29.4 Å². The summed E-state index contributed by atoms with van der Waals surface area (Å²) in [5, 5.41) is 0. The molecule has 0 aromatic heterocycles. The second kappa shape index (κ2) is 5.85. The van der Waals surface area contributed by atoms with Crippen molar-refractivity contribution in [3.63, 3.8) is 0 Å². The van der Waals surface area contributed by atoms with Gasteiger partial charge in [0.1, 0.15) is 0 Å². The highest BCUT2D eigenvalue weighted by Gasteiger charge is 2.35. The van der Waals surface area contributed by atoms with E-state index in [2.05, 4.69) is 4.90 Å². The average molecular weight is 238 g/mol. The van der Waals surface area contributed by atoms with Crippen LogP contribution in [0.2, 0.25) is 0 Å². The van der Waals surface area contributed by atoms with Crippen LogP contribution in [0.4, 0.5) is 0 Å². The first-order valence-corrected chi connectivity index (χ1v) is 7.28. The summed E-state index contributed by atoms with van der Waals surface area (Å²) in [7, 11) is 0. The van der Waals surface area contributed by atoms with Gasteiger partial charge in [0.2, 0.25) is 5.91 Å². The van der Waals surface area contributed by atoms with E-state index in [0.717, 1.165) is 18.9 Å². The molecule has 17 heavy (non-hydrogen) atoms. The van der Waals surface area contributed by atoms with Crippen LogP contribution in [0.15, 0.2) is 0 Å². The van der Waals surface area contributed by atoms with Gasteiger partial charge in [-0.25, -0.2) is 0 Å². The molecule has 98 valence electrons. The predicted molar refractivity (Wildman–Crippen MR) is 69.6 cm³/mol. The van der Waals surface area contributed by atoms with Crippen molar-refractivity contribution in [2.24, 2.45) is 11.7 Å². The Balaban J connectivity index is 1.89. The molecule has 0 aliphatic heterocycles. The first kappa shape index (κ1) is 12.9. The third-order valence-corrected chi connectivity index (χ3v) is 4.21. The highest BCUT2D eigenvalue weighted by Crippen LogP contribution is 2.31. The van der Waals surface area contributed by atoms with Gasteiger partial charge < -0.3 is 10.6 Å². The monoisotopic (exact) mass is 238 g/mol. The molecule has 1 amide bonds. The van der Waals surface area contributed by atoms with Gasteiger partial charge in [0.15, 0.2) is 0 Å². The Kier molecular flexibility index (Phi) is 4.43. The maximum absolute atomic E-state index is 12.2. The van der Waals surface area contributed by atoms with Gasteiger partial charge in [0.05, 0.1) is 6.04 Å². The summed E-state index contributed by atoms with van der Waals surface area (Å²) in [4.78, 5) is 14.3. The van der Waals surface area contributed by atoms with Gasteiger partial charge in [-0.2, -0.15) is 0 Å². The van der Waals surface area contributed by atoms with Crippen LogP contribution >= 0.6 is 0 Å². The minimum atomic E-state index is -0.279. The standard InChI is InChI=1S/C14H26N2O/c1-2-13(15)14(17)16(12-8-9-12)10-11-6-4-3-5-7-11/h11-13H,2-10,15H2,1H3/t13-/m1/s1. The number of rotatable bonds is 5. The number of amides is 1. The molecule has 2 N–H and O–H groups in total. The summed E-state index contributed by atoms with van der Waals surface area (Å²) >= 11 is 0. The summed E-state index contributed by atoms with van der Waals surface area (Å²) < 4.78 is 0. The Morgan fingerprint density at radius 3 is 2.41 bits per heavy atom. The van der Waals surface area contributed by atoms with E-state index >= 15 is 0 Å². The maximum Gasteiger partial charge on any atom is 0.239 e. The maximum atomic E-state index is 12.2. The van der Waals surface area contributed by atoms with E-state index < -0.39 is 0 Å². The van der Waals surface area contributed by atoms with Crippen LogP contribution < -0.4 is 5.73 Å². The zero-order valence-corrected chi connectivity index (χ0v) is 11.0. The molecule has 0 saturated heterocycles. The topological polar surface area (TPSA) is 46.3 Å². The Morgan fingerprint density at radius 1 is 1.24 bits per heavy atom. The minimum Gasteiger partial charge on any atom is -0.338 e. The first-order valence-electron chi connectivity index (χ1n) is 7.28. The smallest absolute Gasteiger partial charge is 0.239 e. The summed E-state index contributed by atoms with van der Waals surface area (Å²) in [5.41, 5.74) is 5.90. The second-order valence-corrected chi connectivity index (χ2v) is 5.74. The van der Waals surface area contributed by atoms with E-state index in [0.29, 0.717) is 6.04 Å². The van der Waals surface area contributed by atoms with E-state index in [9.17, 15) is 4.79 Å². The minimum absolute atomic E-state index is 0.195. The van der Waals surface area contributed by atoms with E-state index in [1.807, 2.05) is 6.92 Å². The highest BCUT2D eigenvalue weighted by molar-refractivity contribution is 5.82. The SMILES string of the molecule is CC[C@@H](N)C(=O)N(CC1CCCCC1)C1CC1. The van der Waals surface area contributed by atoms with Crippen molar-refractivity contribution in [2.75, 3.05) is 6.54 Å². The number of nitrogens with zero attached hydrogens (tertiary/aromatic N) is 1. The lowest BCUT2D eigenvalue weighted by Gasteiger charge is -2.31. The summed E-state index contributed by atoms with van der Waals surface area (Å²) in [6.45, 7) is 2.96. The number of hydrogen-bond acceptors (Lipinski definition) is 2. The highest BCUT2D eigenvalue weighted by atomic mass is 16.2. The van der Waals surface area contributed by atoms with Crippen molar-refractivity contribution < 1.29 is 4.79 Å². The van der Waals surface area contributed by atoms with Crippen molar-refractivity contribution >= 4 is 5.91 Å². The first-order chi connectivity index (χ1) is 8.22. The molecule has 0 radical (unpaired) electrons. The molecule has 0 aromatic rings. The van der Waals surface area contributed by atoms with Crippen LogP contribution in [0.5, 0.6) is 0 Å². The van der Waals surface area contributed by atoms with Crippen molar-refractivity contribution in [1.29, 1.82) is 0 Å². The van der Waals surface area contributed by atoms with Gasteiger partial charge >= 0.3 is 0 Å². The van der Waals surface area contributed by atoms with Crippen LogP contribution in [0, 0.1) is 5.92 Å². The van der Waals surface area contributed by atoms with E-state index in [4.69, 9.17) is 5.73 Å². The summed E-state index contributed by atoms with van der Waals surface area (Å²) in [6, 6.07) is 0.237. The molecular formula is C14H26N2O. The quantitative estimate of drug-likeness (QED) is 0.799. The van der Waals surface area contributed by atoms with Gasteiger partial charge in [0.25, 0.3) is 0 Å². The molecule has 0 heterocycles. The molecule has 0 spiro atoms. The molecule has 2 aliphatic carbocycles. The van der Waals surface area contributed by atoms with E-state index in [1.165, 1.54) is 44.9 Å². The molecule has 2 rings (SSSR count). The predicted octanol–water partition coefficient (Wildman–Crippen LogP) is 2.29. The number of nitrogens with two attached hydrogens (primary N) is 1. The number of hydrogen-bond donors (Lipinski definition) is 1. The molecule has 2 fully saturated rings. The lowest BCUT2D eigenvalue weighted by Crippen LogP contribution is -2.46. The van der Waals surface area contributed by atoms with Crippen molar-refractivity contribution in [3.05, 3.63) is 0 Å². The Labute approximate surface area is 105 Å². The molecule has 3 nitrogen and oxygen atoms in total. The molecular weight excluding hydrogens is 212 g/mol. The van der Waals surface area contributed by atoms with Crippen molar-refractivity contribution in [3.8, 4) is 0 Å². The fraction of sp³-hybridized carbons (Fsp3) is 0.929. The largest absolute Gasteiger partial charge is 0.338 e. The van der Waals surface area contributed by atoms with Crippen LogP contribution in [0.1, 0.15) is 58.3 Å². The van der Waals surface area contributed by atoms with Crippen molar-refractivity contribution in [2.45, 2.75) is 70.4 Å². The van der Waals surface area contributed by atoms with Crippen LogP contribution in [0.3, 0.4) is 0 Å². The summed E-state index contributed by atoms with van der Waals surface area (Å²) in [5.74, 6) is 0.929. The lowest BCUT2D eigenvalue weighted by atomic mass is 9.88. The zero-order valence-electron chi connectivity index (χ0n) is 11.0. The van der Waals surface area contributed by atoms with Crippen molar-refractivity contribution in [1.82, 2.24) is 4.90 Å². The Bertz CT molecular complexity index is 257. The fourth-order valence-electron chi connectivity index (χ4n) is 2.84. The number of carbonyl (C=O) groups is 1. The van der Waals surface area contributed by atoms with Gasteiger partial charge in [-0.1, -0.05) is 26.2 Å². The lowest BCUT2D eigenvalue weighted by molar-refractivity contribution is -0.134. The fourth-order valence-corrected chi connectivity index (χ4v) is 2.84. The van der Waals surface area contributed by atoms with Crippen LogP contribution in [-0.2, 0) is 4.79 Å². The summed E-state index contributed by atoms with van der Waals surface area (Å²) in [6.07, 6.45) is 9.81. The molecule has 1 atom stereocenters. The number of carbonyl (C=O) groups excluding carboxylic acids is 1. The Morgan fingerprint density at radius 2 is 1.88 bits per heavy atom. The molecule has 0 aromatic carbocycles. The van der Waals surface area contributed by atoms with Gasteiger partial charge in [-0.3, -0.25) is 4.79 Å². The van der Waals surface area contributed by atoms with E-state index in [-0.39, 0.29) is 11.9 Å².